The van der Waals surface area contributed by atoms with Crippen LogP contribution in [0.2, 0.25) is 13.8 Å². The third kappa shape index (κ3) is 12.5. The molecule has 0 N–H and O–H groups in total. The Morgan fingerprint density at radius 1 is 0.600 bits per heavy atom. The summed E-state index contributed by atoms with van der Waals surface area (Å²) < 4.78 is 8.90. The number of rotatable bonds is 15. The van der Waals surface area contributed by atoms with E-state index in [1.165, 1.54) is 85.9 Å². The molecule has 0 spiro atoms. The average molecular weight is 391 g/mol. The van der Waals surface area contributed by atoms with Crippen LogP contribution in [0.15, 0.2) is 0 Å². The Morgan fingerprint density at radius 3 is 1.30 bits per heavy atom. The molecule has 0 aliphatic heterocycles. The number of unbranched alkanes of at least 4 members (excludes halogenated alkanes) is 10. The van der Waals surface area contributed by atoms with Crippen LogP contribution in [0.3, 0.4) is 0 Å². The molecular weight excluding hydrogens is 351 g/mol. The zero-order valence-electron chi connectivity index (χ0n) is 14.8. The molecule has 0 aromatic rings. The monoisotopic (exact) mass is 392 g/mol. The summed E-state index contributed by atoms with van der Waals surface area (Å²) in [5, 5.41) is 0. The molecule has 0 atom stereocenters. The molecule has 0 aromatic heterocycles. The van der Waals surface area contributed by atoms with E-state index >= 15 is 0 Å². The molecule has 0 saturated carbocycles. The first-order valence-corrected chi connectivity index (χ1v) is 17.3. The van der Waals surface area contributed by atoms with Gasteiger partial charge < -0.3 is 0 Å². The summed E-state index contributed by atoms with van der Waals surface area (Å²) in [4.78, 5) is 2.52. The summed E-state index contributed by atoms with van der Waals surface area (Å²) in [6.45, 7) is 4.58. The molecular formula is C18H40OSn. The molecule has 0 aliphatic rings. The summed E-state index contributed by atoms with van der Waals surface area (Å²) in [5.74, 6) is 0. The third-order valence-corrected chi connectivity index (χ3v) is 15.5. The normalized spacial score (nSPS) is 12.0. The molecule has 0 radical (unpaired) electrons. The van der Waals surface area contributed by atoms with Gasteiger partial charge in [-0.1, -0.05) is 0 Å². The van der Waals surface area contributed by atoms with Gasteiger partial charge in [0.2, 0.25) is 0 Å². The van der Waals surface area contributed by atoms with E-state index in [1.54, 1.807) is 0 Å². The Bertz CT molecular complexity index is 178. The summed E-state index contributed by atoms with van der Waals surface area (Å²) in [6.07, 6.45) is 17.0. The van der Waals surface area contributed by atoms with E-state index in [4.69, 9.17) is 3.07 Å². The molecule has 0 rings (SSSR count). The standard InChI is InChI=1S/2C8H17.CH3O.CH3.Sn/c2*1-3-5-7-8-6-4-2;1-2;;/h2*1,3-8H2,2H3;1H3;1H3;/q;;-1;;+1. The van der Waals surface area contributed by atoms with Crippen LogP contribution in [0, 0.1) is 0 Å². The molecule has 0 amide bonds. The van der Waals surface area contributed by atoms with Gasteiger partial charge in [-0.2, -0.15) is 0 Å². The topological polar surface area (TPSA) is 9.23 Å². The maximum atomic E-state index is 6.00. The molecule has 2 heteroatoms. The minimum absolute atomic E-state index is 1.35. The van der Waals surface area contributed by atoms with E-state index in [9.17, 15) is 0 Å². The van der Waals surface area contributed by atoms with Gasteiger partial charge in [-0.05, 0) is 0 Å². The van der Waals surface area contributed by atoms with Crippen LogP contribution in [-0.2, 0) is 3.07 Å². The zero-order chi connectivity index (χ0) is 15.1. The molecule has 0 saturated heterocycles. The van der Waals surface area contributed by atoms with Crippen LogP contribution in [0.1, 0.15) is 90.9 Å². The van der Waals surface area contributed by atoms with Crippen LogP contribution >= 0.6 is 0 Å². The fourth-order valence-electron chi connectivity index (χ4n) is 2.89. The van der Waals surface area contributed by atoms with Gasteiger partial charge in [0.1, 0.15) is 0 Å². The predicted octanol–water partition coefficient (Wildman–Crippen LogP) is 6.93. The second-order valence-electron chi connectivity index (χ2n) is 6.69. The average Bonchev–Trinajstić information content (AvgIpc) is 2.46. The first-order valence-electron chi connectivity index (χ1n) is 9.23. The third-order valence-electron chi connectivity index (χ3n) is 4.61. The maximum absolute atomic E-state index is 6.00. The van der Waals surface area contributed by atoms with Gasteiger partial charge in [0.15, 0.2) is 0 Å². The number of hydrogen-bond donors (Lipinski definition) is 0. The fourth-order valence-corrected chi connectivity index (χ4v) is 10.5. The molecule has 1 nitrogen and oxygen atoms in total. The Balaban J connectivity index is 3.57. The van der Waals surface area contributed by atoms with Gasteiger partial charge in [0, 0.05) is 0 Å². The predicted molar refractivity (Wildman–Crippen MR) is 95.0 cm³/mol. The molecule has 20 heavy (non-hydrogen) atoms. The van der Waals surface area contributed by atoms with Crippen molar-refractivity contribution in [3.8, 4) is 0 Å². The van der Waals surface area contributed by atoms with E-state index < -0.39 is 18.8 Å². The number of hydrogen-bond acceptors (Lipinski definition) is 1. The van der Waals surface area contributed by atoms with Crippen LogP contribution in [-0.4, -0.2) is 25.9 Å². The first kappa shape index (κ1) is 20.8. The van der Waals surface area contributed by atoms with Gasteiger partial charge in [0.05, 0.1) is 0 Å². The van der Waals surface area contributed by atoms with Crippen LogP contribution in [0.4, 0.5) is 0 Å². The van der Waals surface area contributed by atoms with Gasteiger partial charge in [-0.15, -0.1) is 0 Å². The summed E-state index contributed by atoms with van der Waals surface area (Å²) in [7, 11) is 1.99. The van der Waals surface area contributed by atoms with Crippen LogP contribution in [0.5, 0.6) is 0 Å². The summed E-state index contributed by atoms with van der Waals surface area (Å²) in [5.41, 5.74) is 0. The van der Waals surface area contributed by atoms with Crippen molar-refractivity contribution in [1.82, 2.24) is 0 Å². The van der Waals surface area contributed by atoms with Crippen molar-refractivity contribution in [3.63, 3.8) is 0 Å². The van der Waals surface area contributed by atoms with E-state index in [-0.39, 0.29) is 0 Å². The van der Waals surface area contributed by atoms with Crippen LogP contribution < -0.4 is 0 Å². The first-order chi connectivity index (χ1) is 9.68. The molecule has 0 aromatic carbocycles. The van der Waals surface area contributed by atoms with Crippen molar-refractivity contribution in [2.24, 2.45) is 0 Å². The second-order valence-corrected chi connectivity index (χ2v) is 19.0. The van der Waals surface area contributed by atoms with Gasteiger partial charge >= 0.3 is 134 Å². The van der Waals surface area contributed by atoms with Crippen molar-refractivity contribution >= 4 is 18.8 Å². The van der Waals surface area contributed by atoms with Crippen molar-refractivity contribution < 1.29 is 3.07 Å². The van der Waals surface area contributed by atoms with E-state index in [1.807, 2.05) is 7.11 Å². The molecule has 0 unspecified atom stereocenters. The Labute approximate surface area is 133 Å². The molecule has 122 valence electrons. The molecule has 0 aliphatic carbocycles. The van der Waals surface area contributed by atoms with Crippen molar-refractivity contribution in [3.05, 3.63) is 0 Å². The summed E-state index contributed by atoms with van der Waals surface area (Å²) >= 11 is -2.13. The Hall–Kier alpha value is 0.759. The zero-order valence-corrected chi connectivity index (χ0v) is 17.7. The second kappa shape index (κ2) is 14.7. The molecule has 0 heterocycles. The van der Waals surface area contributed by atoms with Gasteiger partial charge in [0.25, 0.3) is 0 Å². The van der Waals surface area contributed by atoms with Crippen molar-refractivity contribution in [1.29, 1.82) is 0 Å². The summed E-state index contributed by atoms with van der Waals surface area (Å²) in [6, 6.07) is 0. The minimum atomic E-state index is -2.13. The van der Waals surface area contributed by atoms with E-state index in [2.05, 4.69) is 18.8 Å². The van der Waals surface area contributed by atoms with E-state index in [0.717, 1.165) is 0 Å². The quantitative estimate of drug-likeness (QED) is 0.217. The Morgan fingerprint density at radius 2 is 0.950 bits per heavy atom. The molecule has 0 fully saturated rings. The van der Waals surface area contributed by atoms with Gasteiger partial charge in [-0.3, -0.25) is 0 Å². The molecule has 0 bridgehead atoms. The SMILES string of the molecule is CCCCCCC[CH2][Sn]([CH3])([CH2]CCCCCCC)[O]C. The van der Waals surface area contributed by atoms with Crippen molar-refractivity contribution in [2.75, 3.05) is 7.11 Å². The van der Waals surface area contributed by atoms with E-state index in [0.29, 0.717) is 0 Å². The fraction of sp³-hybridized carbons (Fsp3) is 1.00. The Kier molecular flexibility index (Phi) is 15.2. The van der Waals surface area contributed by atoms with Gasteiger partial charge in [-0.25, -0.2) is 0 Å². The van der Waals surface area contributed by atoms with Crippen LogP contribution in [0.25, 0.3) is 0 Å². The van der Waals surface area contributed by atoms with Crippen molar-refractivity contribution in [2.45, 2.75) is 105 Å².